The van der Waals surface area contributed by atoms with Gasteiger partial charge in [0.1, 0.15) is 6.04 Å². The van der Waals surface area contributed by atoms with Crippen LogP contribution in [0.1, 0.15) is 13.8 Å². The Bertz CT molecular complexity index is 105. The fourth-order valence-corrected chi connectivity index (χ4v) is 0.605. The molecule has 0 amide bonds. The number of carboxylic acids is 1. The van der Waals surface area contributed by atoms with E-state index in [1.165, 1.54) is 0 Å². The number of alkyl halides is 1. The van der Waals surface area contributed by atoms with Crippen LogP contribution < -0.4 is 5.32 Å². The monoisotopic (exact) mass is 151 g/mol. The van der Waals surface area contributed by atoms with Crippen molar-refractivity contribution in [1.29, 1.82) is 0 Å². The number of hydrogen-bond donors (Lipinski definition) is 2. The van der Waals surface area contributed by atoms with Gasteiger partial charge < -0.3 is 5.11 Å². The molecular weight excluding hydrogens is 142 g/mol. The van der Waals surface area contributed by atoms with Gasteiger partial charge in [0.2, 0.25) is 0 Å². The normalized spacial score (nSPS) is 16.8. The van der Waals surface area contributed by atoms with Gasteiger partial charge in [-0.3, -0.25) is 10.1 Å². The smallest absolute Gasteiger partial charge is 0.320 e. The average molecular weight is 152 g/mol. The Morgan fingerprint density at radius 1 is 1.67 bits per heavy atom. The SMILES string of the molecule is CC(Cl)NC(C)C(=O)O. The van der Waals surface area contributed by atoms with Gasteiger partial charge >= 0.3 is 5.97 Å². The van der Waals surface area contributed by atoms with E-state index in [1.807, 2.05) is 0 Å². The van der Waals surface area contributed by atoms with Crippen LogP contribution in [0.2, 0.25) is 0 Å². The minimum absolute atomic E-state index is 0.295. The number of carboxylic acid groups (broad SMARTS) is 1. The predicted molar refractivity (Wildman–Crippen MR) is 35.5 cm³/mol. The number of rotatable bonds is 3. The van der Waals surface area contributed by atoms with Gasteiger partial charge in [0.15, 0.2) is 0 Å². The van der Waals surface area contributed by atoms with Crippen LogP contribution in [-0.4, -0.2) is 22.6 Å². The highest BCUT2D eigenvalue weighted by Crippen LogP contribution is 1.90. The lowest BCUT2D eigenvalue weighted by Gasteiger charge is -2.09. The van der Waals surface area contributed by atoms with Crippen LogP contribution >= 0.6 is 11.6 Å². The summed E-state index contributed by atoms with van der Waals surface area (Å²) >= 11 is 5.44. The van der Waals surface area contributed by atoms with Crippen LogP contribution in [0.15, 0.2) is 0 Å². The zero-order chi connectivity index (χ0) is 7.44. The lowest BCUT2D eigenvalue weighted by atomic mass is 10.3. The molecule has 0 aliphatic carbocycles. The van der Waals surface area contributed by atoms with Gasteiger partial charge in [-0.25, -0.2) is 0 Å². The second-order valence-electron chi connectivity index (χ2n) is 1.84. The highest BCUT2D eigenvalue weighted by molar-refractivity contribution is 6.20. The average Bonchev–Trinajstić information content (AvgIpc) is 1.63. The van der Waals surface area contributed by atoms with Gasteiger partial charge in [0.05, 0.1) is 5.50 Å². The van der Waals surface area contributed by atoms with E-state index in [9.17, 15) is 4.79 Å². The third kappa shape index (κ3) is 4.24. The summed E-state index contributed by atoms with van der Waals surface area (Å²) in [6.07, 6.45) is 0. The molecule has 0 bridgehead atoms. The van der Waals surface area contributed by atoms with Crippen molar-refractivity contribution in [2.45, 2.75) is 25.4 Å². The van der Waals surface area contributed by atoms with Crippen molar-refractivity contribution in [3.05, 3.63) is 0 Å². The molecule has 0 spiro atoms. The van der Waals surface area contributed by atoms with E-state index in [-0.39, 0.29) is 5.50 Å². The quantitative estimate of drug-likeness (QED) is 0.460. The molecule has 0 aliphatic heterocycles. The topological polar surface area (TPSA) is 49.3 Å². The number of aliphatic carboxylic acids is 1. The molecule has 0 rings (SSSR count). The largest absolute Gasteiger partial charge is 0.480 e. The van der Waals surface area contributed by atoms with Gasteiger partial charge in [-0.1, -0.05) is 0 Å². The van der Waals surface area contributed by atoms with E-state index in [2.05, 4.69) is 5.32 Å². The maximum Gasteiger partial charge on any atom is 0.320 e. The molecule has 4 heteroatoms. The van der Waals surface area contributed by atoms with Crippen LogP contribution in [0, 0.1) is 0 Å². The van der Waals surface area contributed by atoms with Crippen LogP contribution in [0.25, 0.3) is 0 Å². The first-order valence-electron chi connectivity index (χ1n) is 2.67. The molecule has 2 N–H and O–H groups in total. The molecule has 9 heavy (non-hydrogen) atoms. The molecule has 2 unspecified atom stereocenters. The maximum absolute atomic E-state index is 10.1. The Morgan fingerprint density at radius 3 is 2.22 bits per heavy atom. The summed E-state index contributed by atoms with van der Waals surface area (Å²) in [4.78, 5) is 10.1. The summed E-state index contributed by atoms with van der Waals surface area (Å²) in [6, 6.07) is -0.572. The van der Waals surface area contributed by atoms with Crippen LogP contribution in [0.3, 0.4) is 0 Å². The summed E-state index contributed by atoms with van der Waals surface area (Å²) in [5, 5.41) is 10.9. The maximum atomic E-state index is 10.1. The lowest BCUT2D eigenvalue weighted by molar-refractivity contribution is -0.139. The van der Waals surface area contributed by atoms with E-state index in [0.29, 0.717) is 0 Å². The van der Waals surface area contributed by atoms with Gasteiger partial charge in [-0.2, -0.15) is 0 Å². The van der Waals surface area contributed by atoms with Crippen LogP contribution in [0.5, 0.6) is 0 Å². The molecule has 0 saturated heterocycles. The van der Waals surface area contributed by atoms with Gasteiger partial charge in [-0.15, -0.1) is 11.6 Å². The first-order valence-corrected chi connectivity index (χ1v) is 3.10. The second kappa shape index (κ2) is 3.69. The van der Waals surface area contributed by atoms with E-state index in [0.717, 1.165) is 0 Å². The minimum Gasteiger partial charge on any atom is -0.480 e. The molecule has 0 aliphatic rings. The third-order valence-corrected chi connectivity index (χ3v) is 0.976. The Labute approximate surface area is 59.0 Å². The van der Waals surface area contributed by atoms with Crippen LogP contribution in [0.4, 0.5) is 0 Å². The van der Waals surface area contributed by atoms with E-state index < -0.39 is 12.0 Å². The summed E-state index contributed by atoms with van der Waals surface area (Å²) in [6.45, 7) is 3.22. The molecule has 0 aromatic carbocycles. The molecule has 0 radical (unpaired) electrons. The Morgan fingerprint density at radius 2 is 2.11 bits per heavy atom. The van der Waals surface area contributed by atoms with Crippen molar-refractivity contribution < 1.29 is 9.90 Å². The molecule has 3 nitrogen and oxygen atoms in total. The van der Waals surface area contributed by atoms with Gasteiger partial charge in [-0.05, 0) is 13.8 Å². The summed E-state index contributed by atoms with van der Waals surface area (Å²) in [5.74, 6) is -0.887. The fourth-order valence-electron chi connectivity index (χ4n) is 0.416. The summed E-state index contributed by atoms with van der Waals surface area (Å²) in [5.41, 5.74) is -0.295. The highest BCUT2D eigenvalue weighted by Gasteiger charge is 2.10. The molecule has 0 aromatic heterocycles. The van der Waals surface area contributed by atoms with E-state index in [1.54, 1.807) is 13.8 Å². The Hall–Kier alpha value is -0.280. The predicted octanol–water partition coefficient (Wildman–Crippen LogP) is 0.634. The van der Waals surface area contributed by atoms with E-state index >= 15 is 0 Å². The van der Waals surface area contributed by atoms with Gasteiger partial charge in [0.25, 0.3) is 0 Å². The van der Waals surface area contributed by atoms with Crippen molar-refractivity contribution in [2.75, 3.05) is 0 Å². The van der Waals surface area contributed by atoms with Crippen molar-refractivity contribution in [3.8, 4) is 0 Å². The molecule has 0 saturated carbocycles. The molecular formula is C5H10ClNO2. The molecule has 2 atom stereocenters. The first kappa shape index (κ1) is 8.72. The summed E-state index contributed by atoms with van der Waals surface area (Å²) in [7, 11) is 0. The number of hydrogen-bond acceptors (Lipinski definition) is 2. The lowest BCUT2D eigenvalue weighted by Crippen LogP contribution is -2.37. The van der Waals surface area contributed by atoms with E-state index in [4.69, 9.17) is 16.7 Å². The van der Waals surface area contributed by atoms with Crippen molar-refractivity contribution in [3.63, 3.8) is 0 Å². The minimum atomic E-state index is -0.887. The standard InChI is InChI=1S/C5H10ClNO2/c1-3(5(8)9)7-4(2)6/h3-4,7H,1-2H3,(H,8,9). The van der Waals surface area contributed by atoms with Crippen molar-refractivity contribution in [2.24, 2.45) is 0 Å². The Balaban J connectivity index is 3.50. The number of carbonyl (C=O) groups is 1. The number of nitrogens with one attached hydrogen (secondary N) is 1. The number of halogens is 1. The van der Waals surface area contributed by atoms with Crippen molar-refractivity contribution in [1.82, 2.24) is 5.32 Å². The molecule has 0 fully saturated rings. The van der Waals surface area contributed by atoms with Gasteiger partial charge in [0, 0.05) is 0 Å². The summed E-state index contributed by atoms with van der Waals surface area (Å²) < 4.78 is 0. The van der Waals surface area contributed by atoms with Crippen molar-refractivity contribution >= 4 is 17.6 Å². The zero-order valence-corrected chi connectivity index (χ0v) is 6.14. The fraction of sp³-hybridized carbons (Fsp3) is 0.800. The molecule has 0 heterocycles. The highest BCUT2D eigenvalue weighted by atomic mass is 35.5. The Kier molecular flexibility index (Phi) is 3.58. The zero-order valence-electron chi connectivity index (χ0n) is 5.39. The third-order valence-electron chi connectivity index (χ3n) is 0.850. The first-order chi connectivity index (χ1) is 4.04. The molecule has 54 valence electrons. The molecule has 0 aromatic rings. The van der Waals surface area contributed by atoms with Crippen LogP contribution in [-0.2, 0) is 4.79 Å². The second-order valence-corrected chi connectivity index (χ2v) is 2.50.